The van der Waals surface area contributed by atoms with Crippen LogP contribution >= 0.6 is 0 Å². The van der Waals surface area contributed by atoms with E-state index in [4.69, 9.17) is 0 Å². The molecule has 0 aliphatic rings. The normalized spacial score (nSPS) is 11.3. The molecule has 1 aromatic heterocycles. The van der Waals surface area contributed by atoms with Gasteiger partial charge in [0.25, 0.3) is 0 Å². The molecule has 2 rings (SSSR count). The van der Waals surface area contributed by atoms with Crippen LogP contribution < -0.4 is 15.5 Å². The van der Waals surface area contributed by atoms with Crippen molar-refractivity contribution < 1.29 is 8.78 Å². The average molecular weight is 333 g/mol. The summed E-state index contributed by atoms with van der Waals surface area (Å²) in [5, 5.41) is 6.10. The zero-order valence-electron chi connectivity index (χ0n) is 14.0. The predicted octanol–water partition coefficient (Wildman–Crippen LogP) is 2.29. The van der Waals surface area contributed by atoms with Crippen molar-refractivity contribution in [3.05, 3.63) is 59.3 Å². The van der Waals surface area contributed by atoms with Crippen LogP contribution in [0.4, 0.5) is 14.6 Å². The van der Waals surface area contributed by atoms with E-state index in [-0.39, 0.29) is 12.1 Å². The summed E-state index contributed by atoms with van der Waals surface area (Å²) in [4.78, 5) is 10.3. The van der Waals surface area contributed by atoms with E-state index in [2.05, 4.69) is 20.6 Å². The number of anilines is 1. The summed E-state index contributed by atoms with van der Waals surface area (Å²) in [7, 11) is 5.47. The van der Waals surface area contributed by atoms with Crippen LogP contribution in [0.15, 0.2) is 41.5 Å². The zero-order valence-corrected chi connectivity index (χ0v) is 14.0. The maximum Gasteiger partial charge on any atom is 0.191 e. The Hall–Kier alpha value is -2.70. The Bertz CT molecular complexity index is 716. The smallest absolute Gasteiger partial charge is 0.191 e. The number of aromatic nitrogens is 1. The van der Waals surface area contributed by atoms with Crippen LogP contribution in [0.5, 0.6) is 0 Å². The molecule has 0 atom stereocenters. The first-order valence-electron chi connectivity index (χ1n) is 7.50. The molecule has 0 amide bonds. The highest BCUT2D eigenvalue weighted by Gasteiger charge is 2.06. The lowest BCUT2D eigenvalue weighted by Gasteiger charge is -2.14. The summed E-state index contributed by atoms with van der Waals surface area (Å²) in [5.41, 5.74) is 1.28. The highest BCUT2D eigenvalue weighted by Crippen LogP contribution is 2.10. The largest absolute Gasteiger partial charge is 0.363 e. The van der Waals surface area contributed by atoms with Crippen LogP contribution in [-0.4, -0.2) is 32.1 Å². The van der Waals surface area contributed by atoms with Gasteiger partial charge in [-0.15, -0.1) is 0 Å². The summed E-state index contributed by atoms with van der Waals surface area (Å²) in [5.74, 6) is 0.439. The quantitative estimate of drug-likeness (QED) is 0.651. The topological polar surface area (TPSA) is 52.6 Å². The number of nitrogens with zero attached hydrogens (tertiary/aromatic N) is 3. The van der Waals surface area contributed by atoms with Crippen LogP contribution in [0.25, 0.3) is 0 Å². The second-order valence-electron chi connectivity index (χ2n) is 5.43. The number of nitrogens with one attached hydrogen (secondary N) is 2. The van der Waals surface area contributed by atoms with Crippen LogP contribution in [-0.2, 0) is 13.1 Å². The number of pyridine rings is 1. The number of hydrogen-bond acceptors (Lipinski definition) is 3. The highest BCUT2D eigenvalue weighted by atomic mass is 19.1. The van der Waals surface area contributed by atoms with Crippen LogP contribution in [0.3, 0.4) is 0 Å². The van der Waals surface area contributed by atoms with E-state index in [9.17, 15) is 8.78 Å². The van der Waals surface area contributed by atoms with Crippen molar-refractivity contribution in [2.45, 2.75) is 13.1 Å². The first-order valence-corrected chi connectivity index (χ1v) is 7.50. The lowest BCUT2D eigenvalue weighted by molar-refractivity contribution is 0.581. The maximum absolute atomic E-state index is 13.6. The Kier molecular flexibility index (Phi) is 6.06. The van der Waals surface area contributed by atoms with Gasteiger partial charge in [0.1, 0.15) is 17.5 Å². The summed E-state index contributed by atoms with van der Waals surface area (Å²) in [6.45, 7) is 0.678. The standard InChI is InChI=1S/C17H21F2N5/c1-20-17(23-11-13-9-14(18)4-5-15(13)19)22-10-12-6-7-21-16(8-12)24(2)3/h4-9H,10-11H2,1-3H3,(H2,20,22,23). The number of hydrogen-bond donors (Lipinski definition) is 2. The molecule has 1 heterocycles. The van der Waals surface area contributed by atoms with E-state index < -0.39 is 11.6 Å². The second-order valence-corrected chi connectivity index (χ2v) is 5.43. The molecule has 0 aliphatic heterocycles. The molecule has 0 fully saturated rings. The van der Waals surface area contributed by atoms with E-state index >= 15 is 0 Å². The van der Waals surface area contributed by atoms with Gasteiger partial charge in [0, 0.05) is 46.0 Å². The van der Waals surface area contributed by atoms with E-state index in [1.54, 1.807) is 13.2 Å². The van der Waals surface area contributed by atoms with Gasteiger partial charge in [-0.2, -0.15) is 0 Å². The molecule has 0 unspecified atom stereocenters. The molecule has 0 bridgehead atoms. The SMILES string of the molecule is CN=C(NCc1ccnc(N(C)C)c1)NCc1cc(F)ccc1F. The van der Waals surface area contributed by atoms with Gasteiger partial charge in [-0.05, 0) is 35.9 Å². The molecule has 7 heteroatoms. The Morgan fingerprint density at radius 3 is 2.58 bits per heavy atom. The van der Waals surface area contributed by atoms with Gasteiger partial charge in [0.15, 0.2) is 5.96 Å². The highest BCUT2D eigenvalue weighted by molar-refractivity contribution is 5.79. The van der Waals surface area contributed by atoms with Crippen molar-refractivity contribution >= 4 is 11.8 Å². The molecule has 24 heavy (non-hydrogen) atoms. The van der Waals surface area contributed by atoms with Gasteiger partial charge >= 0.3 is 0 Å². The molecular weight excluding hydrogens is 312 g/mol. The third-order valence-electron chi connectivity index (χ3n) is 3.41. The molecule has 0 aliphatic carbocycles. The summed E-state index contributed by atoms with van der Waals surface area (Å²) < 4.78 is 26.8. The van der Waals surface area contributed by atoms with E-state index in [1.807, 2.05) is 31.1 Å². The lowest BCUT2D eigenvalue weighted by Crippen LogP contribution is -2.36. The Balaban J connectivity index is 1.93. The van der Waals surface area contributed by atoms with Crippen LogP contribution in [0, 0.1) is 11.6 Å². The molecule has 2 aromatic rings. The van der Waals surface area contributed by atoms with Crippen molar-refractivity contribution in [1.82, 2.24) is 15.6 Å². The first-order chi connectivity index (χ1) is 11.5. The summed E-state index contributed by atoms with van der Waals surface area (Å²) in [6, 6.07) is 7.24. The monoisotopic (exact) mass is 333 g/mol. The number of aliphatic imine (C=N–C) groups is 1. The zero-order chi connectivity index (χ0) is 17.5. The first kappa shape index (κ1) is 17.7. The van der Waals surface area contributed by atoms with Crippen molar-refractivity contribution in [1.29, 1.82) is 0 Å². The van der Waals surface area contributed by atoms with Gasteiger partial charge in [-0.1, -0.05) is 0 Å². The Labute approximate surface area is 140 Å². The van der Waals surface area contributed by atoms with Gasteiger partial charge < -0.3 is 15.5 Å². The lowest BCUT2D eigenvalue weighted by atomic mass is 10.2. The van der Waals surface area contributed by atoms with E-state index in [1.165, 1.54) is 6.07 Å². The fraction of sp³-hybridized carbons (Fsp3) is 0.294. The summed E-state index contributed by atoms with van der Waals surface area (Å²) in [6.07, 6.45) is 1.74. The van der Waals surface area contributed by atoms with Crippen molar-refractivity contribution in [2.24, 2.45) is 4.99 Å². The van der Waals surface area contributed by atoms with Gasteiger partial charge in [-0.25, -0.2) is 13.8 Å². The van der Waals surface area contributed by atoms with Crippen molar-refractivity contribution in [3.8, 4) is 0 Å². The van der Waals surface area contributed by atoms with Gasteiger partial charge in [0.2, 0.25) is 0 Å². The molecule has 1 aromatic carbocycles. The molecule has 2 N–H and O–H groups in total. The minimum absolute atomic E-state index is 0.141. The fourth-order valence-electron chi connectivity index (χ4n) is 2.08. The van der Waals surface area contributed by atoms with E-state index in [0.717, 1.165) is 23.5 Å². The summed E-state index contributed by atoms with van der Waals surface area (Å²) >= 11 is 0. The molecular formula is C17H21F2N5. The maximum atomic E-state index is 13.6. The van der Waals surface area contributed by atoms with E-state index in [0.29, 0.717) is 12.5 Å². The van der Waals surface area contributed by atoms with Gasteiger partial charge in [-0.3, -0.25) is 4.99 Å². The van der Waals surface area contributed by atoms with Crippen LogP contribution in [0.2, 0.25) is 0 Å². The molecule has 0 saturated heterocycles. The van der Waals surface area contributed by atoms with Crippen molar-refractivity contribution in [3.63, 3.8) is 0 Å². The average Bonchev–Trinajstić information content (AvgIpc) is 2.58. The number of benzene rings is 1. The number of guanidine groups is 1. The number of halogens is 2. The molecule has 0 saturated carbocycles. The Morgan fingerprint density at radius 1 is 1.12 bits per heavy atom. The third kappa shape index (κ3) is 4.91. The number of rotatable bonds is 5. The molecule has 128 valence electrons. The molecule has 0 radical (unpaired) electrons. The minimum atomic E-state index is -0.468. The third-order valence-corrected chi connectivity index (χ3v) is 3.41. The van der Waals surface area contributed by atoms with Gasteiger partial charge in [0.05, 0.1) is 0 Å². The molecule has 5 nitrogen and oxygen atoms in total. The Morgan fingerprint density at radius 2 is 1.88 bits per heavy atom. The van der Waals surface area contributed by atoms with Crippen molar-refractivity contribution in [2.75, 3.05) is 26.0 Å². The fourth-order valence-corrected chi connectivity index (χ4v) is 2.08. The second kappa shape index (κ2) is 8.24. The van der Waals surface area contributed by atoms with Crippen LogP contribution in [0.1, 0.15) is 11.1 Å². The minimum Gasteiger partial charge on any atom is -0.363 e. The predicted molar refractivity (Wildman–Crippen MR) is 92.0 cm³/mol. The molecule has 0 spiro atoms.